The molecule has 0 aliphatic carbocycles. The van der Waals surface area contributed by atoms with Gasteiger partial charge >= 0.3 is 355 Å². The molecule has 0 bridgehead atoms. The maximum Gasteiger partial charge on any atom is 1.00 e. The quantitative estimate of drug-likeness (QED) is 0.154. The number of hydrogen-bond acceptors (Lipinski definition) is 19. The SMILES string of the molecule is O=P([O-])([O-])C(N(C(P(=O)([O-])[O-])P(=O)([O-])[O-])C(P(=O)([O-])[O-])P(=O)([O-])[O-])P(=O)([O-])[O-].[Na+].[Na+].[Na+].[Na+].[Na+].[Na+].[Na+].[Na+].[Na+].[Na+].[Na+].[Na+]. The van der Waals surface area contributed by atoms with Crippen molar-refractivity contribution < 1.29 is 441 Å². The van der Waals surface area contributed by atoms with Gasteiger partial charge in [-0.05, 0) is 45.6 Å². The molecule has 0 rings (SSSR count). The van der Waals surface area contributed by atoms with Gasteiger partial charge in [-0.15, -0.1) is 0 Å². The first-order chi connectivity index (χ1) is 11.7. The van der Waals surface area contributed by atoms with Crippen LogP contribution in [0.4, 0.5) is 0 Å². The third-order valence-corrected chi connectivity index (χ3v) is 12.6. The van der Waals surface area contributed by atoms with Gasteiger partial charge in [0.2, 0.25) is 0 Å². The molecule has 40 heavy (non-hydrogen) atoms. The predicted molar refractivity (Wildman–Crippen MR) is 58.8 cm³/mol. The number of hydrogen-bond donors (Lipinski definition) is 0. The van der Waals surface area contributed by atoms with E-state index in [1.165, 1.54) is 0 Å². The Morgan fingerprint density at radius 3 is 0.400 bits per heavy atom. The summed E-state index contributed by atoms with van der Waals surface area (Å²) in [6.45, 7) is 0. The minimum atomic E-state index is -7.40. The zero-order chi connectivity index (χ0) is 23.3. The molecule has 170 valence electrons. The first-order valence-corrected chi connectivity index (χ1v) is 15.3. The summed E-state index contributed by atoms with van der Waals surface area (Å²) in [4.78, 5) is 130. The standard InChI is InChI=1S/C3H15NO18P6.12Na/c5-23(6,7)1(24(8,9)10)4(2(25(11,12)13)26(14,15)16)3(27(17,18)19)28(20,21)22;;;;;;;;;;;;/h1-3H,(H2,5,6,7)(H2,8,9,10)(H2,11,12,13)(H2,14,15,16)(H2,17,18,19)(H2,20,21,22);;;;;;;;;;;;/q;12*+1/p-12. The Bertz CT molecular complexity index is 711. The van der Waals surface area contributed by atoms with Crippen molar-refractivity contribution in [2.24, 2.45) is 0 Å². The molecular formula is C3H3NNa12O18P6. The molecule has 0 aromatic rings. The van der Waals surface area contributed by atoms with E-state index in [1.807, 2.05) is 0 Å². The third kappa shape index (κ3) is 34.1. The van der Waals surface area contributed by atoms with Crippen LogP contribution in [-0.2, 0) is 27.4 Å². The van der Waals surface area contributed by atoms with Crippen LogP contribution in [-0.4, -0.2) is 21.5 Å². The van der Waals surface area contributed by atoms with E-state index in [1.54, 1.807) is 0 Å². The van der Waals surface area contributed by atoms with Crippen molar-refractivity contribution in [3.8, 4) is 0 Å². The molecule has 0 aliphatic rings. The Labute approximate surface area is 494 Å². The predicted octanol–water partition coefficient (Wildman–Crippen LogP) is -46.3. The van der Waals surface area contributed by atoms with Crippen LogP contribution in [0.1, 0.15) is 0 Å². The van der Waals surface area contributed by atoms with Crippen molar-refractivity contribution in [1.82, 2.24) is 4.90 Å². The van der Waals surface area contributed by atoms with Gasteiger partial charge in [-0.3, -0.25) is 4.90 Å². The van der Waals surface area contributed by atoms with Crippen LogP contribution in [0.15, 0.2) is 0 Å². The largest absolute Gasteiger partial charge is 1.00 e. The fraction of sp³-hybridized carbons (Fsp3) is 1.00. The van der Waals surface area contributed by atoms with Crippen molar-refractivity contribution in [1.29, 1.82) is 0 Å². The Balaban J connectivity index is -0.0000000552. The van der Waals surface area contributed by atoms with Gasteiger partial charge in [-0.25, -0.2) is 0 Å². The van der Waals surface area contributed by atoms with E-state index >= 15 is 0 Å². The minimum Gasteiger partial charge on any atom is -0.809 e. The number of nitrogens with zero attached hydrogens (tertiary/aromatic N) is 1. The van der Waals surface area contributed by atoms with Gasteiger partial charge in [0.25, 0.3) is 0 Å². The maximum absolute atomic E-state index is 11.0. The van der Waals surface area contributed by atoms with E-state index in [0.29, 0.717) is 0 Å². The second-order valence-corrected chi connectivity index (χ2v) is 15.4. The molecule has 0 spiro atoms. The molecular weight excluding hydrogens is 800 g/mol. The van der Waals surface area contributed by atoms with Crippen LogP contribution < -0.4 is 413 Å². The van der Waals surface area contributed by atoms with E-state index in [-0.39, 0.29) is 355 Å². The van der Waals surface area contributed by atoms with E-state index in [9.17, 15) is 86.1 Å². The molecule has 0 N–H and O–H groups in total. The zero-order valence-corrected chi connectivity index (χ0v) is 53.6. The van der Waals surface area contributed by atoms with Crippen molar-refractivity contribution >= 4 is 45.6 Å². The maximum atomic E-state index is 11.0. The molecule has 0 saturated heterocycles. The summed E-state index contributed by atoms with van der Waals surface area (Å²) >= 11 is 0. The van der Waals surface area contributed by atoms with Crippen LogP contribution in [0.3, 0.4) is 0 Å². The summed E-state index contributed by atoms with van der Waals surface area (Å²) in [5.74, 6) is 0. The topological polar surface area (TPSA) is 382 Å². The van der Waals surface area contributed by atoms with Gasteiger partial charge in [0.15, 0.2) is 0 Å². The molecule has 0 amide bonds. The van der Waals surface area contributed by atoms with Crippen LogP contribution >= 0.6 is 45.6 Å². The van der Waals surface area contributed by atoms with Crippen LogP contribution in [0, 0.1) is 0 Å². The van der Waals surface area contributed by atoms with Crippen molar-refractivity contribution in [2.75, 3.05) is 0 Å². The smallest absolute Gasteiger partial charge is 0.809 e. The summed E-state index contributed by atoms with van der Waals surface area (Å²) in [5.41, 5.74) is -14.8. The molecule has 0 fully saturated rings. The first-order valence-electron chi connectivity index (χ1n) is 5.61. The van der Waals surface area contributed by atoms with Gasteiger partial charge in [0.05, 0.1) is 16.6 Å². The zero-order valence-electron chi connectivity index (χ0n) is 24.2. The fourth-order valence-electron chi connectivity index (χ4n) is 1.86. The molecule has 0 saturated carbocycles. The van der Waals surface area contributed by atoms with Gasteiger partial charge in [0.1, 0.15) is 0 Å². The summed E-state index contributed by atoms with van der Waals surface area (Å²) in [5, 5.41) is 0. The Hall–Kier alpha value is 12.9. The first kappa shape index (κ1) is 89.5. The van der Waals surface area contributed by atoms with Crippen molar-refractivity contribution in [3.05, 3.63) is 0 Å². The molecule has 0 heterocycles. The summed E-state index contributed by atoms with van der Waals surface area (Å²) in [7, 11) is -44.4. The second kappa shape index (κ2) is 36.2. The molecule has 0 radical (unpaired) electrons. The van der Waals surface area contributed by atoms with Crippen LogP contribution in [0.2, 0.25) is 0 Å². The normalized spacial score (nSPS) is 11.1. The molecule has 0 aromatic carbocycles. The van der Waals surface area contributed by atoms with Crippen LogP contribution in [0.25, 0.3) is 0 Å². The van der Waals surface area contributed by atoms with E-state index in [2.05, 4.69) is 0 Å². The molecule has 0 aliphatic heterocycles. The fourth-order valence-corrected chi connectivity index (χ4v) is 10.8. The average molecular weight is 803 g/mol. The third-order valence-electron chi connectivity index (χ3n) is 2.50. The molecule has 0 aromatic heterocycles. The van der Waals surface area contributed by atoms with Gasteiger partial charge in [-0.2, -0.15) is 0 Å². The average Bonchev–Trinajstić information content (AvgIpc) is 2.13. The summed E-state index contributed by atoms with van der Waals surface area (Å²) in [6.07, 6.45) is 0. The summed E-state index contributed by atoms with van der Waals surface area (Å²) < 4.78 is 66.1. The molecule has 19 nitrogen and oxygen atoms in total. The van der Waals surface area contributed by atoms with Crippen molar-refractivity contribution in [2.45, 2.75) is 16.6 Å². The van der Waals surface area contributed by atoms with Crippen molar-refractivity contribution in [3.63, 3.8) is 0 Å². The number of rotatable bonds is 9. The minimum absolute atomic E-state index is 0. The Morgan fingerprint density at radius 2 is 0.350 bits per heavy atom. The molecule has 37 heteroatoms. The summed E-state index contributed by atoms with van der Waals surface area (Å²) in [6, 6.07) is 0. The Kier molecular flexibility index (Phi) is 81.0. The van der Waals surface area contributed by atoms with E-state index in [0.717, 1.165) is 0 Å². The Morgan fingerprint density at radius 1 is 0.275 bits per heavy atom. The van der Waals surface area contributed by atoms with Gasteiger partial charge in [-0.1, -0.05) is 0 Å². The molecule has 0 unspecified atom stereocenters. The van der Waals surface area contributed by atoms with Crippen LogP contribution in [0.5, 0.6) is 0 Å². The van der Waals surface area contributed by atoms with Gasteiger partial charge in [0, 0.05) is 0 Å². The molecule has 0 atom stereocenters. The second-order valence-electron chi connectivity index (χ2n) is 4.73. The van der Waals surface area contributed by atoms with E-state index in [4.69, 9.17) is 0 Å². The van der Waals surface area contributed by atoms with E-state index < -0.39 is 67.0 Å². The monoisotopic (exact) mass is 803 g/mol. The van der Waals surface area contributed by atoms with Gasteiger partial charge < -0.3 is 86.1 Å².